The van der Waals surface area contributed by atoms with Crippen molar-refractivity contribution in [2.75, 3.05) is 13.6 Å². The topological polar surface area (TPSA) is 54.2 Å². The van der Waals surface area contributed by atoms with Crippen molar-refractivity contribution in [2.45, 2.75) is 26.4 Å². The van der Waals surface area contributed by atoms with Gasteiger partial charge in [0.05, 0.1) is 11.0 Å². The van der Waals surface area contributed by atoms with E-state index in [4.69, 9.17) is 11.6 Å². The van der Waals surface area contributed by atoms with Gasteiger partial charge in [0.15, 0.2) is 5.96 Å². The number of aromatic nitrogens is 2. The highest BCUT2D eigenvalue weighted by Gasteiger charge is 2.06. The van der Waals surface area contributed by atoms with E-state index in [0.717, 1.165) is 47.4 Å². The number of halogens is 1. The van der Waals surface area contributed by atoms with Gasteiger partial charge in [0.2, 0.25) is 0 Å². The number of hydrogen-bond donors (Lipinski definition) is 2. The normalized spacial score (nSPS) is 11.7. The SMILES string of the molecule is CN=C(NCCCn1c(C)nc2ccccc21)NCc1ccccc1Cl. The van der Waals surface area contributed by atoms with Crippen LogP contribution < -0.4 is 10.6 Å². The maximum absolute atomic E-state index is 6.19. The first-order valence-electron chi connectivity index (χ1n) is 8.79. The lowest BCUT2D eigenvalue weighted by atomic mass is 10.2. The Morgan fingerprint density at radius 1 is 1.12 bits per heavy atom. The van der Waals surface area contributed by atoms with Crippen LogP contribution >= 0.6 is 11.6 Å². The number of hydrogen-bond acceptors (Lipinski definition) is 2. The van der Waals surface area contributed by atoms with E-state index < -0.39 is 0 Å². The summed E-state index contributed by atoms with van der Waals surface area (Å²) in [6, 6.07) is 16.1. The molecule has 0 aliphatic heterocycles. The van der Waals surface area contributed by atoms with Crippen LogP contribution in [0.4, 0.5) is 0 Å². The molecule has 2 aromatic carbocycles. The van der Waals surface area contributed by atoms with Crippen LogP contribution in [-0.2, 0) is 13.1 Å². The third-order valence-corrected chi connectivity index (χ3v) is 4.69. The van der Waals surface area contributed by atoms with Gasteiger partial charge in [0, 0.05) is 31.7 Å². The van der Waals surface area contributed by atoms with Crippen molar-refractivity contribution in [1.82, 2.24) is 20.2 Å². The minimum Gasteiger partial charge on any atom is -0.356 e. The molecule has 136 valence electrons. The van der Waals surface area contributed by atoms with Gasteiger partial charge in [-0.25, -0.2) is 4.98 Å². The monoisotopic (exact) mass is 369 g/mol. The molecule has 0 saturated heterocycles. The van der Waals surface area contributed by atoms with E-state index in [2.05, 4.69) is 50.3 Å². The second-order valence-corrected chi connectivity index (χ2v) is 6.50. The van der Waals surface area contributed by atoms with Gasteiger partial charge in [0.1, 0.15) is 5.82 Å². The first-order chi connectivity index (χ1) is 12.7. The summed E-state index contributed by atoms with van der Waals surface area (Å²) in [5.74, 6) is 1.82. The summed E-state index contributed by atoms with van der Waals surface area (Å²) in [5.41, 5.74) is 3.29. The first kappa shape index (κ1) is 18.3. The molecular formula is C20H24ClN5. The molecule has 0 spiro atoms. The number of para-hydroxylation sites is 2. The summed E-state index contributed by atoms with van der Waals surface area (Å²) >= 11 is 6.19. The third kappa shape index (κ3) is 4.35. The number of nitrogens with zero attached hydrogens (tertiary/aromatic N) is 3. The second kappa shape index (κ2) is 8.72. The van der Waals surface area contributed by atoms with E-state index >= 15 is 0 Å². The number of nitrogens with one attached hydrogen (secondary N) is 2. The highest BCUT2D eigenvalue weighted by atomic mass is 35.5. The molecule has 1 aromatic heterocycles. The van der Waals surface area contributed by atoms with Crippen LogP contribution in [0.5, 0.6) is 0 Å². The minimum absolute atomic E-state index is 0.643. The summed E-state index contributed by atoms with van der Waals surface area (Å²) < 4.78 is 2.26. The van der Waals surface area contributed by atoms with Crippen LogP contribution in [0.15, 0.2) is 53.5 Å². The summed E-state index contributed by atoms with van der Waals surface area (Å²) in [4.78, 5) is 8.88. The Labute approximate surface area is 159 Å². The zero-order valence-corrected chi connectivity index (χ0v) is 15.9. The molecule has 0 saturated carbocycles. The average Bonchev–Trinajstić information content (AvgIpc) is 2.97. The Morgan fingerprint density at radius 3 is 2.69 bits per heavy atom. The number of aliphatic imine (C=N–C) groups is 1. The van der Waals surface area contributed by atoms with Gasteiger partial charge >= 0.3 is 0 Å². The Balaban J connectivity index is 1.49. The smallest absolute Gasteiger partial charge is 0.191 e. The molecule has 0 amide bonds. The maximum atomic E-state index is 6.19. The van der Waals surface area contributed by atoms with E-state index in [9.17, 15) is 0 Å². The summed E-state index contributed by atoms with van der Waals surface area (Å²) in [5, 5.41) is 7.41. The summed E-state index contributed by atoms with van der Waals surface area (Å²) in [7, 11) is 1.77. The molecule has 1 heterocycles. The van der Waals surface area contributed by atoms with Crippen LogP contribution in [-0.4, -0.2) is 29.1 Å². The van der Waals surface area contributed by atoms with Gasteiger partial charge < -0.3 is 15.2 Å². The minimum atomic E-state index is 0.643. The first-order valence-corrected chi connectivity index (χ1v) is 9.16. The highest BCUT2D eigenvalue weighted by Crippen LogP contribution is 2.16. The molecule has 26 heavy (non-hydrogen) atoms. The Hall–Kier alpha value is -2.53. The quantitative estimate of drug-likeness (QED) is 0.395. The van der Waals surface area contributed by atoms with Gasteiger partial charge in [-0.15, -0.1) is 0 Å². The van der Waals surface area contributed by atoms with Gasteiger partial charge in [-0.2, -0.15) is 0 Å². The van der Waals surface area contributed by atoms with Crippen molar-refractivity contribution in [1.29, 1.82) is 0 Å². The van der Waals surface area contributed by atoms with Crippen molar-refractivity contribution >= 4 is 28.6 Å². The van der Waals surface area contributed by atoms with Crippen LogP contribution in [0.2, 0.25) is 5.02 Å². The summed E-state index contributed by atoms with van der Waals surface area (Å²) in [6.07, 6.45) is 0.980. The predicted molar refractivity (Wildman–Crippen MR) is 109 cm³/mol. The van der Waals surface area contributed by atoms with E-state index in [-0.39, 0.29) is 0 Å². The molecule has 0 aliphatic carbocycles. The fraction of sp³-hybridized carbons (Fsp3) is 0.300. The van der Waals surface area contributed by atoms with Gasteiger partial charge in [-0.3, -0.25) is 4.99 Å². The molecule has 6 heteroatoms. The van der Waals surface area contributed by atoms with Crippen molar-refractivity contribution in [3.05, 3.63) is 64.9 Å². The van der Waals surface area contributed by atoms with E-state index in [1.54, 1.807) is 7.05 Å². The zero-order chi connectivity index (χ0) is 18.4. The van der Waals surface area contributed by atoms with E-state index in [0.29, 0.717) is 6.54 Å². The Bertz CT molecular complexity index is 900. The number of imidazole rings is 1. The molecule has 3 rings (SSSR count). The van der Waals surface area contributed by atoms with Crippen LogP contribution in [0.3, 0.4) is 0 Å². The fourth-order valence-electron chi connectivity index (χ4n) is 2.96. The number of guanidine groups is 1. The molecule has 0 fully saturated rings. The third-order valence-electron chi connectivity index (χ3n) is 4.32. The number of fused-ring (bicyclic) bond motifs is 1. The van der Waals surface area contributed by atoms with Crippen LogP contribution in [0, 0.1) is 6.92 Å². The molecule has 0 radical (unpaired) electrons. The molecule has 0 aliphatic rings. The van der Waals surface area contributed by atoms with Crippen molar-refractivity contribution in [2.24, 2.45) is 4.99 Å². The largest absolute Gasteiger partial charge is 0.356 e. The second-order valence-electron chi connectivity index (χ2n) is 6.10. The van der Waals surface area contributed by atoms with Crippen molar-refractivity contribution < 1.29 is 0 Å². The molecule has 0 bridgehead atoms. The Kier molecular flexibility index (Phi) is 6.12. The van der Waals surface area contributed by atoms with E-state index in [1.165, 1.54) is 5.52 Å². The number of rotatable bonds is 6. The molecule has 0 atom stereocenters. The lowest BCUT2D eigenvalue weighted by Crippen LogP contribution is -2.37. The number of aryl methyl sites for hydroxylation is 2. The van der Waals surface area contributed by atoms with Crippen molar-refractivity contribution in [3.63, 3.8) is 0 Å². The molecule has 3 aromatic rings. The van der Waals surface area contributed by atoms with Gasteiger partial charge in [-0.05, 0) is 37.1 Å². The van der Waals surface area contributed by atoms with Crippen LogP contribution in [0.25, 0.3) is 11.0 Å². The van der Waals surface area contributed by atoms with Crippen molar-refractivity contribution in [3.8, 4) is 0 Å². The fourth-order valence-corrected chi connectivity index (χ4v) is 3.17. The van der Waals surface area contributed by atoms with Crippen LogP contribution in [0.1, 0.15) is 17.8 Å². The zero-order valence-electron chi connectivity index (χ0n) is 15.2. The standard InChI is InChI=1S/C20H24ClN5/c1-15-25-18-10-5-6-11-19(18)26(15)13-7-12-23-20(22-2)24-14-16-8-3-4-9-17(16)21/h3-6,8-11H,7,12-14H2,1-2H3,(H2,22,23,24). The molecule has 0 unspecified atom stereocenters. The molecular weight excluding hydrogens is 346 g/mol. The molecule has 5 nitrogen and oxygen atoms in total. The Morgan fingerprint density at radius 2 is 1.88 bits per heavy atom. The molecule has 2 N–H and O–H groups in total. The lowest BCUT2D eigenvalue weighted by molar-refractivity contribution is 0.624. The summed E-state index contributed by atoms with van der Waals surface area (Å²) in [6.45, 7) is 4.44. The van der Waals surface area contributed by atoms with Gasteiger partial charge in [0.25, 0.3) is 0 Å². The predicted octanol–water partition coefficient (Wildman–Crippen LogP) is 3.75. The maximum Gasteiger partial charge on any atom is 0.191 e. The number of benzene rings is 2. The van der Waals surface area contributed by atoms with E-state index in [1.807, 2.05) is 30.3 Å². The highest BCUT2D eigenvalue weighted by molar-refractivity contribution is 6.31. The van der Waals surface area contributed by atoms with Gasteiger partial charge in [-0.1, -0.05) is 41.9 Å². The average molecular weight is 370 g/mol. The lowest BCUT2D eigenvalue weighted by Gasteiger charge is -2.13.